The lowest BCUT2D eigenvalue weighted by molar-refractivity contribution is 0.188. The monoisotopic (exact) mass is 599 g/mol. The molecule has 0 aliphatic carbocycles. The second-order valence-electron chi connectivity index (χ2n) is 12.9. The summed E-state index contributed by atoms with van der Waals surface area (Å²) in [6, 6.07) is 12.2. The number of anilines is 3. The summed E-state index contributed by atoms with van der Waals surface area (Å²) >= 11 is 0. The minimum atomic E-state index is -1.96. The Morgan fingerprint density at radius 1 is 1.16 bits per heavy atom. The van der Waals surface area contributed by atoms with Crippen molar-refractivity contribution in [2.75, 3.05) is 44.6 Å². The summed E-state index contributed by atoms with van der Waals surface area (Å²) in [6.45, 7) is 16.0. The summed E-state index contributed by atoms with van der Waals surface area (Å²) in [5, 5.41) is 17.9. The van der Waals surface area contributed by atoms with Gasteiger partial charge in [0, 0.05) is 55.6 Å². The molecule has 5 rings (SSSR count). The molecule has 2 N–H and O–H groups in total. The number of pyridine rings is 1. The van der Waals surface area contributed by atoms with Crippen molar-refractivity contribution in [1.29, 1.82) is 5.26 Å². The van der Waals surface area contributed by atoms with E-state index in [-0.39, 0.29) is 10.5 Å². The zero-order chi connectivity index (χ0) is 31.0. The number of fused-ring (bicyclic) bond motifs is 2. The molecule has 0 unspecified atom stereocenters. The number of aromatic nitrogens is 4. The third-order valence-corrected chi connectivity index (χ3v) is 13.2. The van der Waals surface area contributed by atoms with Crippen molar-refractivity contribution in [2.24, 2.45) is 0 Å². The zero-order valence-corrected chi connectivity index (χ0v) is 27.3. The number of nitriles is 1. The topological polar surface area (TPSA) is 119 Å². The van der Waals surface area contributed by atoms with E-state index >= 15 is 0 Å². The van der Waals surface area contributed by atoms with E-state index in [0.717, 1.165) is 27.8 Å². The fraction of sp³-hybridized carbons (Fsp3) is 0.438. The average molecular weight is 600 g/mol. The first kappa shape index (κ1) is 30.5. The molecule has 11 heteroatoms. The molecule has 1 atom stereocenters. The summed E-state index contributed by atoms with van der Waals surface area (Å²) in [7, 11) is 1.31. The van der Waals surface area contributed by atoms with Crippen molar-refractivity contribution >= 4 is 36.7 Å². The van der Waals surface area contributed by atoms with Crippen molar-refractivity contribution in [1.82, 2.24) is 19.5 Å². The molecular weight excluding hydrogens is 558 g/mol. The van der Waals surface area contributed by atoms with Crippen molar-refractivity contribution in [3.8, 4) is 23.2 Å². The van der Waals surface area contributed by atoms with Gasteiger partial charge >= 0.3 is 0 Å². The quantitative estimate of drug-likeness (QED) is 0.198. The van der Waals surface area contributed by atoms with Crippen LogP contribution in [-0.2, 0) is 21.1 Å². The maximum Gasteiger partial charge on any atom is 0.239 e. The van der Waals surface area contributed by atoms with Gasteiger partial charge in [-0.25, -0.2) is 9.97 Å². The lowest BCUT2D eigenvalue weighted by Gasteiger charge is -2.39. The third kappa shape index (κ3) is 5.95. The van der Waals surface area contributed by atoms with Gasteiger partial charge in [0.1, 0.15) is 17.4 Å². The summed E-state index contributed by atoms with van der Waals surface area (Å²) in [5.41, 5.74) is 5.27. The SMILES string of the molecule is COCCn1ccc2cc(Nc3nccc(-c4cc(C#N)c5c(c4)[C@@](C)(CO[Si](C)(C)C(C)(C)C)CN5)n3)c(OC)nc21. The summed E-state index contributed by atoms with van der Waals surface area (Å²) in [4.78, 5) is 14.0. The Morgan fingerprint density at radius 3 is 2.65 bits per heavy atom. The third-order valence-electron chi connectivity index (χ3n) is 8.75. The molecule has 3 aromatic heterocycles. The number of benzene rings is 1. The van der Waals surface area contributed by atoms with Gasteiger partial charge in [0.25, 0.3) is 0 Å². The summed E-state index contributed by atoms with van der Waals surface area (Å²) in [6.07, 6.45) is 3.69. The lowest BCUT2D eigenvalue weighted by Crippen LogP contribution is -2.45. The van der Waals surface area contributed by atoms with Gasteiger partial charge in [-0.15, -0.1) is 0 Å². The molecule has 1 aromatic carbocycles. The van der Waals surface area contributed by atoms with Crippen LogP contribution in [0.15, 0.2) is 42.7 Å². The van der Waals surface area contributed by atoms with Crippen molar-refractivity contribution in [2.45, 2.75) is 57.8 Å². The Labute approximate surface area is 254 Å². The second-order valence-corrected chi connectivity index (χ2v) is 17.7. The highest BCUT2D eigenvalue weighted by atomic mass is 28.4. The number of nitrogens with zero attached hydrogens (tertiary/aromatic N) is 5. The van der Waals surface area contributed by atoms with Gasteiger partial charge in [0.2, 0.25) is 11.8 Å². The van der Waals surface area contributed by atoms with Crippen LogP contribution in [0.1, 0.15) is 38.8 Å². The van der Waals surface area contributed by atoms with Crippen molar-refractivity contribution < 1.29 is 13.9 Å². The van der Waals surface area contributed by atoms with E-state index in [1.807, 2.05) is 35.0 Å². The first-order chi connectivity index (χ1) is 20.4. The van der Waals surface area contributed by atoms with Gasteiger partial charge in [-0.1, -0.05) is 27.7 Å². The average Bonchev–Trinajstić information content (AvgIpc) is 3.53. The van der Waals surface area contributed by atoms with Crippen LogP contribution in [-0.4, -0.2) is 61.8 Å². The molecule has 10 nitrogen and oxygen atoms in total. The fourth-order valence-corrected chi connectivity index (χ4v) is 6.13. The Kier molecular flexibility index (Phi) is 8.22. The number of nitrogens with one attached hydrogen (secondary N) is 2. The van der Waals surface area contributed by atoms with Gasteiger partial charge in [-0.3, -0.25) is 0 Å². The Hall–Kier alpha value is -3.98. The number of hydrogen-bond acceptors (Lipinski definition) is 9. The highest BCUT2D eigenvalue weighted by molar-refractivity contribution is 6.74. The maximum absolute atomic E-state index is 10.1. The van der Waals surface area contributed by atoms with Gasteiger partial charge in [0.15, 0.2) is 8.32 Å². The Balaban J connectivity index is 1.46. The van der Waals surface area contributed by atoms with Gasteiger partial charge in [-0.05, 0) is 54.0 Å². The smallest absolute Gasteiger partial charge is 0.239 e. The normalized spacial score (nSPS) is 16.5. The summed E-state index contributed by atoms with van der Waals surface area (Å²) in [5.74, 6) is 0.837. The highest BCUT2D eigenvalue weighted by Gasteiger charge is 2.42. The lowest BCUT2D eigenvalue weighted by atomic mass is 9.83. The molecule has 1 aliphatic rings. The van der Waals surface area contributed by atoms with Crippen LogP contribution in [0.4, 0.5) is 17.3 Å². The van der Waals surface area contributed by atoms with Gasteiger partial charge in [0.05, 0.1) is 30.7 Å². The number of ether oxygens (including phenoxy) is 2. The fourth-order valence-electron chi connectivity index (χ4n) is 5.02. The van der Waals surface area contributed by atoms with E-state index < -0.39 is 8.32 Å². The van der Waals surface area contributed by atoms with Crippen LogP contribution in [0, 0.1) is 11.3 Å². The van der Waals surface area contributed by atoms with Crippen LogP contribution < -0.4 is 15.4 Å². The molecule has 4 aromatic rings. The second kappa shape index (κ2) is 11.6. The molecule has 43 heavy (non-hydrogen) atoms. The first-order valence-corrected chi connectivity index (χ1v) is 17.4. The molecule has 1 aliphatic heterocycles. The minimum Gasteiger partial charge on any atom is -0.479 e. The van der Waals surface area contributed by atoms with Gasteiger partial charge < -0.3 is 29.1 Å². The van der Waals surface area contributed by atoms with Crippen LogP contribution in [0.3, 0.4) is 0 Å². The van der Waals surface area contributed by atoms with Gasteiger partial charge in [-0.2, -0.15) is 10.2 Å². The molecule has 0 bridgehead atoms. The number of rotatable bonds is 10. The largest absolute Gasteiger partial charge is 0.479 e. The predicted octanol–water partition coefficient (Wildman–Crippen LogP) is 6.47. The molecule has 0 saturated heterocycles. The molecule has 226 valence electrons. The zero-order valence-electron chi connectivity index (χ0n) is 26.3. The molecular formula is C32H41N7O3Si. The number of methoxy groups -OCH3 is 2. The highest BCUT2D eigenvalue weighted by Crippen LogP contribution is 2.44. The molecule has 0 radical (unpaired) electrons. The Bertz CT molecular complexity index is 1690. The molecule has 0 fully saturated rings. The molecule has 0 saturated carbocycles. The van der Waals surface area contributed by atoms with E-state index in [4.69, 9.17) is 23.9 Å². The van der Waals surface area contributed by atoms with E-state index in [2.05, 4.69) is 68.5 Å². The molecule has 4 heterocycles. The van der Waals surface area contributed by atoms with Crippen LogP contribution in [0.2, 0.25) is 18.1 Å². The minimum absolute atomic E-state index is 0.110. The first-order valence-electron chi connectivity index (χ1n) is 14.5. The van der Waals surface area contributed by atoms with Crippen LogP contribution in [0.5, 0.6) is 5.88 Å². The Morgan fingerprint density at radius 2 is 1.95 bits per heavy atom. The summed E-state index contributed by atoms with van der Waals surface area (Å²) < 4.78 is 19.5. The van der Waals surface area contributed by atoms with E-state index in [0.29, 0.717) is 55.1 Å². The van der Waals surface area contributed by atoms with E-state index in [1.54, 1.807) is 20.4 Å². The van der Waals surface area contributed by atoms with E-state index in [1.165, 1.54) is 0 Å². The molecule has 0 amide bonds. The van der Waals surface area contributed by atoms with Crippen LogP contribution in [0.25, 0.3) is 22.3 Å². The van der Waals surface area contributed by atoms with E-state index in [9.17, 15) is 5.26 Å². The van der Waals surface area contributed by atoms with Crippen molar-refractivity contribution in [3.05, 3.63) is 53.9 Å². The van der Waals surface area contributed by atoms with Crippen molar-refractivity contribution in [3.63, 3.8) is 0 Å². The number of hydrogen-bond donors (Lipinski definition) is 2. The predicted molar refractivity (Wildman–Crippen MR) is 173 cm³/mol. The maximum atomic E-state index is 10.1. The molecule has 0 spiro atoms. The standard InChI is InChI=1S/C32H41N7O3Si/c1-31(2,3)43(7,8)42-20-32(4)19-35-27-23(18-33)15-22(16-24(27)32)25-9-11-34-30(36-25)37-26-17-21-10-12-39(13-14-40-5)28(21)38-29(26)41-6/h9-12,15-17,35H,13-14,19-20H2,1-8H3,(H,34,36,37)/t32-/m1/s1. The van der Waals surface area contributed by atoms with Crippen LogP contribution >= 0.6 is 0 Å².